The van der Waals surface area contributed by atoms with Gasteiger partial charge in [0.15, 0.2) is 0 Å². The molecule has 3 nitrogen and oxygen atoms in total. The van der Waals surface area contributed by atoms with Crippen molar-refractivity contribution in [3.63, 3.8) is 0 Å². The molecule has 0 fully saturated rings. The summed E-state index contributed by atoms with van der Waals surface area (Å²) in [5.74, 6) is 0.887. The molecule has 0 bridgehead atoms. The molecule has 1 heterocycles. The molecule has 2 aromatic carbocycles. The molecular formula is C23H30N2O. The van der Waals surface area contributed by atoms with E-state index in [2.05, 4.69) is 48.3 Å². The summed E-state index contributed by atoms with van der Waals surface area (Å²) in [6, 6.07) is 15.2. The monoisotopic (exact) mass is 350 g/mol. The standard InChI is InChI=1S/C23H30N2O/c1-3-4-8-17-12-13-22-21(15-17)20(11-5-6-14-24)23(25-22)18-9-7-10-19(16-18)26-2/h7,9-10,12-13,15-16,25H,3-6,8,11,14,24H2,1-2H3. The van der Waals surface area contributed by atoms with Crippen molar-refractivity contribution in [1.29, 1.82) is 0 Å². The number of benzene rings is 2. The molecule has 3 heteroatoms. The second-order valence-corrected chi connectivity index (χ2v) is 6.94. The van der Waals surface area contributed by atoms with E-state index in [1.165, 1.54) is 46.1 Å². The van der Waals surface area contributed by atoms with Gasteiger partial charge in [0.1, 0.15) is 5.75 Å². The first-order chi connectivity index (χ1) is 12.8. The van der Waals surface area contributed by atoms with Crippen molar-refractivity contribution >= 4 is 10.9 Å². The fraction of sp³-hybridized carbons (Fsp3) is 0.391. The van der Waals surface area contributed by atoms with Gasteiger partial charge in [-0.2, -0.15) is 0 Å². The number of H-pyrrole nitrogens is 1. The predicted octanol–water partition coefficient (Wildman–Crippen LogP) is 5.47. The minimum Gasteiger partial charge on any atom is -0.497 e. The van der Waals surface area contributed by atoms with Gasteiger partial charge in [0.2, 0.25) is 0 Å². The topological polar surface area (TPSA) is 51.0 Å². The molecule has 0 atom stereocenters. The molecule has 0 radical (unpaired) electrons. The lowest BCUT2D eigenvalue weighted by atomic mass is 9.98. The van der Waals surface area contributed by atoms with Gasteiger partial charge in [0.05, 0.1) is 7.11 Å². The minimum absolute atomic E-state index is 0.749. The van der Waals surface area contributed by atoms with Crippen LogP contribution in [0.4, 0.5) is 0 Å². The number of nitrogens with two attached hydrogens (primary N) is 1. The Morgan fingerprint density at radius 1 is 1.00 bits per heavy atom. The highest BCUT2D eigenvalue weighted by atomic mass is 16.5. The highest BCUT2D eigenvalue weighted by Gasteiger charge is 2.14. The molecule has 26 heavy (non-hydrogen) atoms. The van der Waals surface area contributed by atoms with Crippen LogP contribution in [0, 0.1) is 0 Å². The Morgan fingerprint density at radius 2 is 1.88 bits per heavy atom. The van der Waals surface area contributed by atoms with Crippen LogP contribution >= 0.6 is 0 Å². The van der Waals surface area contributed by atoms with Crippen molar-refractivity contribution in [2.24, 2.45) is 5.73 Å². The molecule has 3 rings (SSSR count). The van der Waals surface area contributed by atoms with Gasteiger partial charge in [0.25, 0.3) is 0 Å². The number of aromatic amines is 1. The molecule has 1 aromatic heterocycles. The second kappa shape index (κ2) is 8.91. The molecule has 3 aromatic rings. The zero-order valence-corrected chi connectivity index (χ0v) is 16.0. The van der Waals surface area contributed by atoms with Crippen LogP contribution < -0.4 is 10.5 Å². The van der Waals surface area contributed by atoms with Crippen LogP contribution in [-0.4, -0.2) is 18.6 Å². The Labute approximate surface area is 156 Å². The summed E-state index contributed by atoms with van der Waals surface area (Å²) in [7, 11) is 1.71. The third kappa shape index (κ3) is 4.10. The number of hydrogen-bond donors (Lipinski definition) is 2. The van der Waals surface area contributed by atoms with Gasteiger partial charge >= 0.3 is 0 Å². The molecule has 3 N–H and O–H groups in total. The van der Waals surface area contributed by atoms with E-state index in [1.807, 2.05) is 6.07 Å². The van der Waals surface area contributed by atoms with Gasteiger partial charge in [-0.05, 0) is 74.0 Å². The molecule has 138 valence electrons. The highest BCUT2D eigenvalue weighted by molar-refractivity contribution is 5.91. The number of aryl methyl sites for hydroxylation is 2. The Bertz CT molecular complexity index is 851. The Hall–Kier alpha value is -2.26. The smallest absolute Gasteiger partial charge is 0.119 e. The molecule has 0 amide bonds. The molecule has 0 aliphatic rings. The van der Waals surface area contributed by atoms with Crippen LogP contribution in [0.1, 0.15) is 43.7 Å². The Kier molecular flexibility index (Phi) is 6.35. The van der Waals surface area contributed by atoms with Crippen LogP contribution in [0.5, 0.6) is 5.75 Å². The van der Waals surface area contributed by atoms with E-state index < -0.39 is 0 Å². The van der Waals surface area contributed by atoms with Gasteiger partial charge in [-0.3, -0.25) is 0 Å². The summed E-state index contributed by atoms with van der Waals surface area (Å²) >= 11 is 0. The number of unbranched alkanes of at least 4 members (excludes halogenated alkanes) is 2. The van der Waals surface area contributed by atoms with E-state index in [9.17, 15) is 0 Å². The third-order valence-electron chi connectivity index (χ3n) is 5.03. The van der Waals surface area contributed by atoms with E-state index in [4.69, 9.17) is 10.5 Å². The predicted molar refractivity (Wildman–Crippen MR) is 111 cm³/mol. The van der Waals surface area contributed by atoms with Gasteiger partial charge in [-0.15, -0.1) is 0 Å². The fourth-order valence-corrected chi connectivity index (χ4v) is 3.56. The zero-order chi connectivity index (χ0) is 18.4. The van der Waals surface area contributed by atoms with Crippen molar-refractivity contribution in [1.82, 2.24) is 4.98 Å². The largest absolute Gasteiger partial charge is 0.497 e. The van der Waals surface area contributed by atoms with Crippen LogP contribution in [0.15, 0.2) is 42.5 Å². The van der Waals surface area contributed by atoms with Gasteiger partial charge in [-0.25, -0.2) is 0 Å². The lowest BCUT2D eigenvalue weighted by molar-refractivity contribution is 0.415. The quantitative estimate of drug-likeness (QED) is 0.503. The summed E-state index contributed by atoms with van der Waals surface area (Å²) < 4.78 is 5.42. The molecule has 0 spiro atoms. The van der Waals surface area contributed by atoms with Gasteiger partial charge in [-0.1, -0.05) is 31.5 Å². The first-order valence-electron chi connectivity index (χ1n) is 9.74. The van der Waals surface area contributed by atoms with E-state index in [0.29, 0.717) is 0 Å². The number of hydrogen-bond acceptors (Lipinski definition) is 2. The molecule has 0 unspecified atom stereocenters. The molecular weight excluding hydrogens is 320 g/mol. The Morgan fingerprint density at radius 3 is 2.65 bits per heavy atom. The summed E-state index contributed by atoms with van der Waals surface area (Å²) in [5.41, 5.74) is 12.2. The van der Waals surface area contributed by atoms with Crippen LogP contribution in [0.25, 0.3) is 22.2 Å². The summed E-state index contributed by atoms with van der Waals surface area (Å²) in [5, 5.41) is 1.36. The fourth-order valence-electron chi connectivity index (χ4n) is 3.56. The average molecular weight is 351 g/mol. The minimum atomic E-state index is 0.749. The first kappa shape index (κ1) is 18.5. The highest BCUT2D eigenvalue weighted by Crippen LogP contribution is 2.33. The van der Waals surface area contributed by atoms with Crippen LogP contribution in [0.2, 0.25) is 0 Å². The molecule has 0 aliphatic carbocycles. The molecule has 0 saturated carbocycles. The zero-order valence-electron chi connectivity index (χ0n) is 16.0. The van der Waals surface area contributed by atoms with Gasteiger partial charge in [0, 0.05) is 22.2 Å². The lowest BCUT2D eigenvalue weighted by Gasteiger charge is -2.07. The number of aromatic nitrogens is 1. The Balaban J connectivity index is 2.06. The van der Waals surface area contributed by atoms with Gasteiger partial charge < -0.3 is 15.5 Å². The number of nitrogens with one attached hydrogen (secondary N) is 1. The summed E-state index contributed by atoms with van der Waals surface area (Å²) in [4.78, 5) is 3.66. The second-order valence-electron chi connectivity index (χ2n) is 6.94. The number of fused-ring (bicyclic) bond motifs is 1. The SMILES string of the molecule is CCCCc1ccc2[nH]c(-c3cccc(OC)c3)c(CCCCN)c2c1. The number of rotatable bonds is 9. The lowest BCUT2D eigenvalue weighted by Crippen LogP contribution is -1.99. The molecule has 0 aliphatic heterocycles. The summed E-state index contributed by atoms with van der Waals surface area (Å²) in [6.07, 6.45) is 6.82. The maximum atomic E-state index is 5.72. The maximum Gasteiger partial charge on any atom is 0.119 e. The normalized spacial score (nSPS) is 11.2. The van der Waals surface area contributed by atoms with Crippen molar-refractivity contribution in [3.05, 3.63) is 53.6 Å². The number of methoxy groups -OCH3 is 1. The van der Waals surface area contributed by atoms with Crippen LogP contribution in [0.3, 0.4) is 0 Å². The van der Waals surface area contributed by atoms with Crippen molar-refractivity contribution < 1.29 is 4.74 Å². The van der Waals surface area contributed by atoms with Crippen molar-refractivity contribution in [2.75, 3.05) is 13.7 Å². The maximum absolute atomic E-state index is 5.72. The third-order valence-corrected chi connectivity index (χ3v) is 5.03. The van der Waals surface area contributed by atoms with E-state index in [-0.39, 0.29) is 0 Å². The average Bonchev–Trinajstić information content (AvgIpc) is 3.04. The summed E-state index contributed by atoms with van der Waals surface area (Å²) in [6.45, 7) is 2.99. The first-order valence-corrected chi connectivity index (χ1v) is 9.74. The molecule has 0 saturated heterocycles. The van der Waals surface area contributed by atoms with Crippen LogP contribution in [-0.2, 0) is 12.8 Å². The van der Waals surface area contributed by atoms with E-state index >= 15 is 0 Å². The number of ether oxygens (including phenoxy) is 1. The van der Waals surface area contributed by atoms with E-state index in [0.717, 1.165) is 38.0 Å². The van der Waals surface area contributed by atoms with E-state index in [1.54, 1.807) is 7.11 Å². The van der Waals surface area contributed by atoms with Crippen molar-refractivity contribution in [3.8, 4) is 17.0 Å². The van der Waals surface area contributed by atoms with Crippen molar-refractivity contribution in [2.45, 2.75) is 45.4 Å².